The smallest absolute Gasteiger partial charge is 0.119 e. The Hall–Kier alpha value is -1.02. The zero-order chi connectivity index (χ0) is 13.2. The van der Waals surface area contributed by atoms with E-state index in [4.69, 9.17) is 0 Å². The lowest BCUT2D eigenvalue weighted by Crippen LogP contribution is -2.13. The summed E-state index contributed by atoms with van der Waals surface area (Å²) in [5, 5.41) is 10.2. The number of rotatable bonds is 4. The van der Waals surface area contributed by atoms with Crippen molar-refractivity contribution in [3.8, 4) is 5.75 Å². The second kappa shape index (κ2) is 5.54. The fraction of sp³-hybridized carbons (Fsp3) is 0.600. The first-order valence-electron chi connectivity index (χ1n) is 6.33. The number of phenolic OH excluding ortho intramolecular Hbond substituents is 1. The zero-order valence-corrected chi connectivity index (χ0v) is 11.9. The highest BCUT2D eigenvalue weighted by Gasteiger charge is 2.15. The number of hydrogen-bond acceptors (Lipinski definition) is 2. The number of nitrogens with zero attached hydrogens (tertiary/aromatic N) is 1. The quantitative estimate of drug-likeness (QED) is 0.860. The summed E-state index contributed by atoms with van der Waals surface area (Å²) in [7, 11) is 4.12. The lowest BCUT2D eigenvalue weighted by Gasteiger charge is -2.20. The first-order chi connectivity index (χ1) is 7.82. The van der Waals surface area contributed by atoms with E-state index in [2.05, 4.69) is 52.8 Å². The molecule has 2 nitrogen and oxygen atoms in total. The first-order valence-corrected chi connectivity index (χ1v) is 6.33. The van der Waals surface area contributed by atoms with Gasteiger partial charge in [0, 0.05) is 12.1 Å². The normalized spacial score (nSPS) is 11.8. The molecule has 0 fully saturated rings. The lowest BCUT2D eigenvalue weighted by atomic mass is 9.91. The van der Waals surface area contributed by atoms with Gasteiger partial charge in [-0.15, -0.1) is 0 Å². The largest absolute Gasteiger partial charge is 0.508 e. The van der Waals surface area contributed by atoms with Crippen LogP contribution in [0.2, 0.25) is 0 Å². The maximum atomic E-state index is 10.2. The van der Waals surface area contributed by atoms with Gasteiger partial charge in [0.05, 0.1) is 0 Å². The molecule has 0 aliphatic carbocycles. The molecule has 1 aromatic carbocycles. The summed E-state index contributed by atoms with van der Waals surface area (Å²) in [6.07, 6.45) is 0. The third-order valence-electron chi connectivity index (χ3n) is 3.00. The number of hydrogen-bond donors (Lipinski definition) is 1. The Labute approximate surface area is 105 Å². The van der Waals surface area contributed by atoms with Crippen molar-refractivity contribution in [2.24, 2.45) is 0 Å². The van der Waals surface area contributed by atoms with Crippen molar-refractivity contribution in [2.75, 3.05) is 14.1 Å². The van der Waals surface area contributed by atoms with E-state index < -0.39 is 0 Å². The highest BCUT2D eigenvalue weighted by Crippen LogP contribution is 2.33. The van der Waals surface area contributed by atoms with Crippen LogP contribution >= 0.6 is 0 Å². The van der Waals surface area contributed by atoms with E-state index in [9.17, 15) is 5.11 Å². The van der Waals surface area contributed by atoms with E-state index in [1.807, 2.05) is 6.07 Å². The number of phenols is 1. The van der Waals surface area contributed by atoms with Crippen LogP contribution in [0, 0.1) is 0 Å². The van der Waals surface area contributed by atoms with Crippen LogP contribution in [-0.2, 0) is 6.54 Å². The van der Waals surface area contributed by atoms with Gasteiger partial charge in [-0.25, -0.2) is 0 Å². The Kier molecular flexibility index (Phi) is 4.58. The summed E-state index contributed by atoms with van der Waals surface area (Å²) in [4.78, 5) is 2.14. The van der Waals surface area contributed by atoms with E-state index in [0.29, 0.717) is 17.6 Å². The van der Waals surface area contributed by atoms with Crippen molar-refractivity contribution < 1.29 is 5.11 Å². The molecule has 0 atom stereocenters. The maximum absolute atomic E-state index is 10.2. The molecule has 1 rings (SSSR count). The Bertz CT molecular complexity index is 381. The minimum Gasteiger partial charge on any atom is -0.508 e. The molecule has 0 radical (unpaired) electrons. The van der Waals surface area contributed by atoms with Gasteiger partial charge in [0.1, 0.15) is 5.75 Å². The molecule has 1 aromatic rings. The number of aromatic hydroxyl groups is 1. The Morgan fingerprint density at radius 2 is 1.65 bits per heavy atom. The van der Waals surface area contributed by atoms with Crippen molar-refractivity contribution in [3.63, 3.8) is 0 Å². The predicted molar refractivity (Wildman–Crippen MR) is 73.7 cm³/mol. The summed E-state index contributed by atoms with van der Waals surface area (Å²) in [6, 6.07) is 4.15. The van der Waals surface area contributed by atoms with E-state index >= 15 is 0 Å². The van der Waals surface area contributed by atoms with E-state index in [1.165, 1.54) is 11.1 Å². The SMILES string of the molecule is CC(C)c1cc(O)c(C(C)C)c(CN(C)C)c1. The van der Waals surface area contributed by atoms with Crippen molar-refractivity contribution in [2.45, 2.75) is 46.1 Å². The summed E-state index contributed by atoms with van der Waals surface area (Å²) in [6.45, 7) is 9.45. The molecule has 0 bridgehead atoms. The van der Waals surface area contributed by atoms with Gasteiger partial charge in [-0.05, 0) is 43.1 Å². The van der Waals surface area contributed by atoms with Crippen LogP contribution < -0.4 is 0 Å². The van der Waals surface area contributed by atoms with E-state index in [0.717, 1.165) is 12.1 Å². The minimum absolute atomic E-state index is 0.353. The highest BCUT2D eigenvalue weighted by molar-refractivity contribution is 5.45. The van der Waals surface area contributed by atoms with E-state index in [-0.39, 0.29) is 0 Å². The van der Waals surface area contributed by atoms with Crippen LogP contribution in [0.5, 0.6) is 5.75 Å². The molecule has 2 heteroatoms. The molecule has 0 saturated carbocycles. The van der Waals surface area contributed by atoms with Gasteiger partial charge < -0.3 is 10.0 Å². The molecule has 0 amide bonds. The molecular formula is C15H25NO. The summed E-state index contributed by atoms with van der Waals surface area (Å²) in [5.41, 5.74) is 3.54. The molecule has 0 unspecified atom stereocenters. The molecule has 0 heterocycles. The second-order valence-electron chi connectivity index (χ2n) is 5.66. The highest BCUT2D eigenvalue weighted by atomic mass is 16.3. The van der Waals surface area contributed by atoms with Crippen LogP contribution in [0.25, 0.3) is 0 Å². The molecule has 0 spiro atoms. The summed E-state index contributed by atoms with van der Waals surface area (Å²) >= 11 is 0. The molecule has 0 aliphatic heterocycles. The molecule has 96 valence electrons. The van der Waals surface area contributed by atoms with Crippen molar-refractivity contribution >= 4 is 0 Å². The Morgan fingerprint density at radius 1 is 1.06 bits per heavy atom. The molecule has 1 N–H and O–H groups in total. The monoisotopic (exact) mass is 235 g/mol. The van der Waals surface area contributed by atoms with Gasteiger partial charge in [-0.1, -0.05) is 33.8 Å². The number of benzene rings is 1. The van der Waals surface area contributed by atoms with Crippen LogP contribution in [0.3, 0.4) is 0 Å². The van der Waals surface area contributed by atoms with Gasteiger partial charge in [0.25, 0.3) is 0 Å². The summed E-state index contributed by atoms with van der Waals surface area (Å²) < 4.78 is 0. The molecule has 17 heavy (non-hydrogen) atoms. The fourth-order valence-corrected chi connectivity index (χ4v) is 2.19. The van der Waals surface area contributed by atoms with Gasteiger partial charge in [0.2, 0.25) is 0 Å². The zero-order valence-electron chi connectivity index (χ0n) is 11.9. The first kappa shape index (κ1) is 14.0. The standard InChI is InChI=1S/C15H25NO/c1-10(2)12-7-13(9-16(5)6)15(11(3)4)14(17)8-12/h7-8,10-11,17H,9H2,1-6H3. The van der Waals surface area contributed by atoms with Crippen molar-refractivity contribution in [3.05, 3.63) is 28.8 Å². The molecule has 0 aliphatic rings. The van der Waals surface area contributed by atoms with Crippen LogP contribution in [0.15, 0.2) is 12.1 Å². The third kappa shape index (κ3) is 3.47. The van der Waals surface area contributed by atoms with Crippen LogP contribution in [0.1, 0.15) is 56.2 Å². The maximum Gasteiger partial charge on any atom is 0.119 e. The van der Waals surface area contributed by atoms with Gasteiger partial charge in [0.15, 0.2) is 0 Å². The average Bonchev–Trinajstić information content (AvgIpc) is 2.14. The molecule has 0 saturated heterocycles. The Morgan fingerprint density at radius 3 is 2.06 bits per heavy atom. The topological polar surface area (TPSA) is 23.5 Å². The van der Waals surface area contributed by atoms with Gasteiger partial charge in [-0.3, -0.25) is 0 Å². The van der Waals surface area contributed by atoms with Crippen molar-refractivity contribution in [1.82, 2.24) is 4.90 Å². The lowest BCUT2D eigenvalue weighted by molar-refractivity contribution is 0.396. The van der Waals surface area contributed by atoms with Gasteiger partial charge >= 0.3 is 0 Å². The average molecular weight is 235 g/mol. The summed E-state index contributed by atoms with van der Waals surface area (Å²) in [5.74, 6) is 1.25. The van der Waals surface area contributed by atoms with Crippen LogP contribution in [-0.4, -0.2) is 24.1 Å². The van der Waals surface area contributed by atoms with Gasteiger partial charge in [-0.2, -0.15) is 0 Å². The van der Waals surface area contributed by atoms with Crippen LogP contribution in [0.4, 0.5) is 0 Å². The second-order valence-corrected chi connectivity index (χ2v) is 5.66. The Balaban J connectivity index is 3.29. The third-order valence-corrected chi connectivity index (χ3v) is 3.00. The van der Waals surface area contributed by atoms with Crippen molar-refractivity contribution in [1.29, 1.82) is 0 Å². The molecule has 0 aromatic heterocycles. The predicted octanol–water partition coefficient (Wildman–Crippen LogP) is 3.70. The minimum atomic E-state index is 0.353. The molecular weight excluding hydrogens is 210 g/mol. The van der Waals surface area contributed by atoms with E-state index in [1.54, 1.807) is 0 Å². The fourth-order valence-electron chi connectivity index (χ4n) is 2.19.